The number of hydrogen-bond donors (Lipinski definition) is 1. The second kappa shape index (κ2) is 9.40. The molecule has 35 heavy (non-hydrogen) atoms. The Bertz CT molecular complexity index is 1210. The van der Waals surface area contributed by atoms with Gasteiger partial charge in [0.1, 0.15) is 11.5 Å². The normalized spacial score (nSPS) is 17.5. The largest absolute Gasteiger partial charge is 0.353 e. The topological polar surface area (TPSA) is 78.4 Å². The lowest BCUT2D eigenvalue weighted by atomic mass is 9.86. The van der Waals surface area contributed by atoms with Gasteiger partial charge in [-0.3, -0.25) is 9.59 Å². The van der Waals surface area contributed by atoms with Crippen molar-refractivity contribution in [1.29, 1.82) is 0 Å². The first-order valence-electron chi connectivity index (χ1n) is 11.6. The molecule has 0 radical (unpaired) electrons. The van der Waals surface area contributed by atoms with Crippen molar-refractivity contribution in [3.8, 4) is 0 Å². The minimum absolute atomic E-state index is 0.00485. The number of benzene rings is 2. The van der Waals surface area contributed by atoms with Crippen LogP contribution in [0.5, 0.6) is 0 Å². The summed E-state index contributed by atoms with van der Waals surface area (Å²) in [5, 5.41) is 10.8. The van der Waals surface area contributed by atoms with Crippen molar-refractivity contribution in [2.45, 2.75) is 18.5 Å². The zero-order valence-electron chi connectivity index (χ0n) is 19.0. The molecule has 2 amide bonds. The van der Waals surface area contributed by atoms with Gasteiger partial charge in [-0.15, -0.1) is 5.10 Å². The van der Waals surface area contributed by atoms with Crippen molar-refractivity contribution in [2.75, 3.05) is 36.4 Å². The minimum Gasteiger partial charge on any atom is -0.353 e. The molecule has 2 aromatic carbocycles. The predicted molar refractivity (Wildman–Crippen MR) is 127 cm³/mol. The van der Waals surface area contributed by atoms with Crippen LogP contribution in [-0.2, 0) is 10.5 Å². The van der Waals surface area contributed by atoms with Gasteiger partial charge in [0, 0.05) is 50.9 Å². The first kappa shape index (κ1) is 22.9. The van der Waals surface area contributed by atoms with Crippen molar-refractivity contribution in [3.05, 3.63) is 83.8 Å². The van der Waals surface area contributed by atoms with Crippen LogP contribution in [0, 0.1) is 11.7 Å². The Kier molecular flexibility index (Phi) is 6.15. The maximum atomic E-state index is 15.7. The summed E-state index contributed by atoms with van der Waals surface area (Å²) in [7, 11) is 0. The van der Waals surface area contributed by atoms with Crippen LogP contribution in [0.1, 0.15) is 28.8 Å². The number of carbonyl (C=O) groups excluding carboxylic acids is 2. The van der Waals surface area contributed by atoms with E-state index in [0.717, 1.165) is 5.82 Å². The van der Waals surface area contributed by atoms with Gasteiger partial charge < -0.3 is 15.1 Å². The highest BCUT2D eigenvalue weighted by Gasteiger charge is 2.38. The molecule has 2 aliphatic heterocycles. The molecule has 1 N–H and O–H groups in total. The molecule has 2 saturated heterocycles. The number of nitrogens with zero attached hydrogens (tertiary/aromatic N) is 4. The molecule has 0 aliphatic carbocycles. The number of likely N-dealkylation sites (tertiary alicyclic amines) is 1. The van der Waals surface area contributed by atoms with Crippen molar-refractivity contribution >= 4 is 23.3 Å². The summed E-state index contributed by atoms with van der Waals surface area (Å²) >= 11 is 0. The van der Waals surface area contributed by atoms with Gasteiger partial charge in [-0.25, -0.2) is 8.78 Å². The molecule has 0 unspecified atom stereocenters. The van der Waals surface area contributed by atoms with Crippen LogP contribution in [0.15, 0.2) is 66.9 Å². The van der Waals surface area contributed by atoms with Gasteiger partial charge >= 0.3 is 0 Å². The van der Waals surface area contributed by atoms with Gasteiger partial charge in [0.05, 0.1) is 11.5 Å². The number of alkyl halides is 1. The lowest BCUT2D eigenvalue weighted by molar-refractivity contribution is -0.120. The van der Waals surface area contributed by atoms with E-state index in [0.29, 0.717) is 24.3 Å². The van der Waals surface area contributed by atoms with Crippen molar-refractivity contribution in [3.63, 3.8) is 0 Å². The van der Waals surface area contributed by atoms with E-state index in [2.05, 4.69) is 15.5 Å². The Morgan fingerprint density at radius 1 is 0.971 bits per heavy atom. The van der Waals surface area contributed by atoms with E-state index in [1.54, 1.807) is 42.6 Å². The lowest BCUT2D eigenvalue weighted by Crippen LogP contribution is -2.52. The maximum Gasteiger partial charge on any atom is 0.256 e. The average Bonchev–Trinajstić information content (AvgIpc) is 2.84. The molecule has 5 rings (SSSR count). The van der Waals surface area contributed by atoms with Crippen LogP contribution < -0.4 is 10.2 Å². The molecule has 2 aliphatic rings. The third kappa shape index (κ3) is 4.71. The fourth-order valence-electron chi connectivity index (χ4n) is 4.55. The molecule has 0 bridgehead atoms. The Hall–Kier alpha value is -3.88. The van der Waals surface area contributed by atoms with E-state index in [4.69, 9.17) is 0 Å². The first-order chi connectivity index (χ1) is 16.9. The van der Waals surface area contributed by atoms with E-state index >= 15 is 4.39 Å². The summed E-state index contributed by atoms with van der Waals surface area (Å²) < 4.78 is 29.7. The number of aromatic nitrogens is 2. The Morgan fingerprint density at radius 3 is 2.34 bits per heavy atom. The van der Waals surface area contributed by atoms with E-state index in [1.807, 2.05) is 11.0 Å². The number of hydrogen-bond acceptors (Lipinski definition) is 5. The molecule has 3 heterocycles. The summed E-state index contributed by atoms with van der Waals surface area (Å²) in [6.45, 7) is 1.54. The molecule has 0 saturated carbocycles. The fraction of sp³-hybridized carbons (Fsp3) is 0.308. The molecule has 2 fully saturated rings. The number of anilines is 2. The number of nitrogens with one attached hydrogen (secondary N) is 1. The van der Waals surface area contributed by atoms with Crippen molar-refractivity contribution in [2.24, 2.45) is 5.92 Å². The van der Waals surface area contributed by atoms with Gasteiger partial charge in [-0.1, -0.05) is 24.3 Å². The number of rotatable bonds is 5. The lowest BCUT2D eigenvalue weighted by Gasteiger charge is -2.38. The molecule has 0 atom stereocenters. The summed E-state index contributed by atoms with van der Waals surface area (Å²) in [5.74, 6) is -0.489. The maximum absolute atomic E-state index is 15.7. The molecule has 3 aromatic rings. The van der Waals surface area contributed by atoms with Gasteiger partial charge in [-0.05, 0) is 42.0 Å². The smallest absolute Gasteiger partial charge is 0.256 e. The van der Waals surface area contributed by atoms with E-state index in [-0.39, 0.29) is 43.3 Å². The molecular formula is C26H25F2N5O2. The van der Waals surface area contributed by atoms with Gasteiger partial charge in [0.15, 0.2) is 5.82 Å². The first-order valence-corrected chi connectivity index (χ1v) is 11.6. The van der Waals surface area contributed by atoms with Crippen LogP contribution in [0.2, 0.25) is 0 Å². The molecule has 7 nitrogen and oxygen atoms in total. The summed E-state index contributed by atoms with van der Waals surface area (Å²) in [4.78, 5) is 28.6. The highest BCUT2D eigenvalue weighted by Crippen LogP contribution is 2.38. The number of carbonyl (C=O) groups is 2. The molecule has 9 heteroatoms. The van der Waals surface area contributed by atoms with Gasteiger partial charge in [-0.2, -0.15) is 5.10 Å². The van der Waals surface area contributed by atoms with Crippen molar-refractivity contribution in [1.82, 2.24) is 15.1 Å². The molecule has 0 spiro atoms. The summed E-state index contributed by atoms with van der Waals surface area (Å²) in [6.07, 6.45) is 1.85. The third-order valence-electron chi connectivity index (χ3n) is 6.75. The Balaban J connectivity index is 1.15. The van der Waals surface area contributed by atoms with E-state index in [9.17, 15) is 14.0 Å². The van der Waals surface area contributed by atoms with Crippen molar-refractivity contribution < 1.29 is 18.4 Å². The standard InChI is InChI=1S/C26H25F2N5O2/c27-22-5-2-1-4-21(22)25(35)32-14-11-26(28,12-15-32)19-7-9-20(10-8-19)30-24(34)18-16-33(17-18)23-6-3-13-29-31-23/h1-10,13,18H,11-12,14-17H2,(H,30,34). The molecule has 1 aromatic heterocycles. The van der Waals surface area contributed by atoms with Crippen LogP contribution in [-0.4, -0.2) is 53.1 Å². The number of halogens is 2. The highest BCUT2D eigenvalue weighted by atomic mass is 19.1. The number of amides is 2. The summed E-state index contributed by atoms with van der Waals surface area (Å²) in [5.41, 5.74) is -0.469. The SMILES string of the molecule is O=C(Nc1ccc(C2(F)CCN(C(=O)c3ccccc3F)CC2)cc1)C1CN(c2cccnn2)C1. The van der Waals surface area contributed by atoms with Gasteiger partial charge in [0.2, 0.25) is 5.91 Å². The van der Waals surface area contributed by atoms with Crippen LogP contribution in [0.4, 0.5) is 20.3 Å². The second-order valence-corrected chi connectivity index (χ2v) is 8.99. The second-order valence-electron chi connectivity index (χ2n) is 8.99. The van der Waals surface area contributed by atoms with E-state index in [1.165, 1.54) is 23.1 Å². The predicted octanol–water partition coefficient (Wildman–Crippen LogP) is 3.79. The zero-order valence-corrected chi connectivity index (χ0v) is 19.0. The van der Waals surface area contributed by atoms with Crippen LogP contribution in [0.25, 0.3) is 0 Å². The van der Waals surface area contributed by atoms with Gasteiger partial charge in [0.25, 0.3) is 5.91 Å². The van der Waals surface area contributed by atoms with E-state index < -0.39 is 17.4 Å². The molecule has 180 valence electrons. The highest BCUT2D eigenvalue weighted by molar-refractivity contribution is 5.95. The minimum atomic E-state index is -1.58. The summed E-state index contributed by atoms with van der Waals surface area (Å²) in [6, 6.07) is 16.2. The third-order valence-corrected chi connectivity index (χ3v) is 6.75. The van der Waals surface area contributed by atoms with Crippen LogP contribution in [0.3, 0.4) is 0 Å². The zero-order chi connectivity index (χ0) is 24.4. The number of piperidine rings is 1. The monoisotopic (exact) mass is 477 g/mol. The Labute approximate surface area is 201 Å². The Morgan fingerprint density at radius 2 is 1.69 bits per heavy atom. The van der Waals surface area contributed by atoms with Crippen LogP contribution >= 0.6 is 0 Å². The quantitative estimate of drug-likeness (QED) is 0.605. The fourth-order valence-corrected chi connectivity index (χ4v) is 4.55. The average molecular weight is 478 g/mol. The molecular weight excluding hydrogens is 452 g/mol.